The molecule has 0 radical (unpaired) electrons. The zero-order valence-corrected chi connectivity index (χ0v) is 12.4. The van der Waals surface area contributed by atoms with Crippen LogP contribution < -0.4 is 10.1 Å². The van der Waals surface area contributed by atoms with Gasteiger partial charge in [-0.15, -0.1) is 0 Å². The van der Waals surface area contributed by atoms with E-state index in [4.69, 9.17) is 9.47 Å². The fourth-order valence-corrected chi connectivity index (χ4v) is 2.38. The predicted octanol–water partition coefficient (Wildman–Crippen LogP) is 2.10. The van der Waals surface area contributed by atoms with Gasteiger partial charge in [0, 0.05) is 44.7 Å². The first kappa shape index (κ1) is 15.3. The fraction of sp³-hybridized carbons (Fsp3) is 0.625. The predicted molar refractivity (Wildman–Crippen MR) is 78.9 cm³/mol. The Kier molecular flexibility index (Phi) is 5.40. The maximum absolute atomic E-state index is 10.4. The highest BCUT2D eigenvalue weighted by Gasteiger charge is 2.29. The minimum absolute atomic E-state index is 0.163. The minimum atomic E-state index is -0.633. The Bertz CT molecular complexity index is 414. The molecule has 0 unspecified atom stereocenters. The standard InChI is InChI=1S/C16H25NO3/c1-13(2)20-15-6-4-3-5-14(15)11-17-12-16(18)7-9-19-10-8-16/h3-6,13,17-18H,7-12H2,1-2H3. The maximum Gasteiger partial charge on any atom is 0.124 e. The highest BCUT2D eigenvalue weighted by atomic mass is 16.5. The molecule has 0 saturated carbocycles. The molecule has 4 heteroatoms. The number of nitrogens with one attached hydrogen (secondary N) is 1. The van der Waals surface area contributed by atoms with Crippen LogP contribution >= 0.6 is 0 Å². The summed E-state index contributed by atoms with van der Waals surface area (Å²) in [6.07, 6.45) is 1.56. The van der Waals surface area contributed by atoms with Crippen molar-refractivity contribution in [3.8, 4) is 5.75 Å². The zero-order chi connectivity index (χ0) is 14.4. The topological polar surface area (TPSA) is 50.7 Å². The molecule has 2 rings (SSSR count). The van der Waals surface area contributed by atoms with Crippen LogP contribution in [0, 0.1) is 0 Å². The first-order valence-electron chi connectivity index (χ1n) is 7.34. The molecule has 1 aromatic carbocycles. The average molecular weight is 279 g/mol. The number of hydrogen-bond donors (Lipinski definition) is 2. The Balaban J connectivity index is 1.87. The van der Waals surface area contributed by atoms with Crippen molar-refractivity contribution in [2.24, 2.45) is 0 Å². The van der Waals surface area contributed by atoms with Crippen molar-refractivity contribution in [1.29, 1.82) is 0 Å². The molecule has 4 nitrogen and oxygen atoms in total. The Morgan fingerprint density at radius 2 is 2.00 bits per heavy atom. The molecule has 1 aliphatic rings. The Hall–Kier alpha value is -1.10. The van der Waals surface area contributed by atoms with E-state index in [1.165, 1.54) is 0 Å². The molecule has 1 aromatic rings. The second-order valence-electron chi connectivity index (χ2n) is 5.71. The summed E-state index contributed by atoms with van der Waals surface area (Å²) in [6, 6.07) is 8.03. The summed E-state index contributed by atoms with van der Waals surface area (Å²) in [5, 5.41) is 13.7. The van der Waals surface area contributed by atoms with E-state index < -0.39 is 5.60 Å². The van der Waals surface area contributed by atoms with Gasteiger partial charge in [0.1, 0.15) is 5.75 Å². The highest BCUT2D eigenvalue weighted by molar-refractivity contribution is 5.33. The number of para-hydroxylation sites is 1. The van der Waals surface area contributed by atoms with E-state index >= 15 is 0 Å². The average Bonchev–Trinajstić information content (AvgIpc) is 2.41. The third-order valence-electron chi connectivity index (χ3n) is 3.53. The molecule has 2 N–H and O–H groups in total. The summed E-state index contributed by atoms with van der Waals surface area (Å²) < 4.78 is 11.1. The van der Waals surface area contributed by atoms with Crippen LogP contribution in [0.2, 0.25) is 0 Å². The second kappa shape index (κ2) is 7.07. The summed E-state index contributed by atoms with van der Waals surface area (Å²) in [7, 11) is 0. The van der Waals surface area contributed by atoms with E-state index in [9.17, 15) is 5.11 Å². The molecule has 0 bridgehead atoms. The van der Waals surface area contributed by atoms with Gasteiger partial charge in [-0.25, -0.2) is 0 Å². The monoisotopic (exact) mass is 279 g/mol. The SMILES string of the molecule is CC(C)Oc1ccccc1CNCC1(O)CCOCC1. The van der Waals surface area contributed by atoms with Crippen molar-refractivity contribution in [1.82, 2.24) is 5.32 Å². The van der Waals surface area contributed by atoms with Crippen LogP contribution in [0.15, 0.2) is 24.3 Å². The zero-order valence-electron chi connectivity index (χ0n) is 12.4. The van der Waals surface area contributed by atoms with Gasteiger partial charge in [0.25, 0.3) is 0 Å². The van der Waals surface area contributed by atoms with Gasteiger partial charge >= 0.3 is 0 Å². The molecular weight excluding hydrogens is 254 g/mol. The lowest BCUT2D eigenvalue weighted by Gasteiger charge is -2.32. The number of benzene rings is 1. The lowest BCUT2D eigenvalue weighted by Crippen LogP contribution is -2.44. The molecule has 0 atom stereocenters. The van der Waals surface area contributed by atoms with Crippen LogP contribution in [0.3, 0.4) is 0 Å². The molecule has 0 aromatic heterocycles. The summed E-state index contributed by atoms with van der Waals surface area (Å²) in [5.41, 5.74) is 0.489. The summed E-state index contributed by atoms with van der Waals surface area (Å²) in [5.74, 6) is 0.911. The largest absolute Gasteiger partial charge is 0.491 e. The molecule has 1 aliphatic heterocycles. The van der Waals surface area contributed by atoms with Crippen molar-refractivity contribution in [2.45, 2.75) is 44.9 Å². The third-order valence-corrected chi connectivity index (χ3v) is 3.53. The number of hydrogen-bond acceptors (Lipinski definition) is 4. The van der Waals surface area contributed by atoms with Crippen LogP contribution in [0.4, 0.5) is 0 Å². The van der Waals surface area contributed by atoms with Crippen molar-refractivity contribution in [3.63, 3.8) is 0 Å². The molecule has 112 valence electrons. The first-order chi connectivity index (χ1) is 9.59. The number of ether oxygens (including phenoxy) is 2. The third kappa shape index (κ3) is 4.47. The Labute approximate surface area is 121 Å². The van der Waals surface area contributed by atoms with Crippen LogP contribution in [-0.4, -0.2) is 36.6 Å². The molecule has 0 spiro atoms. The van der Waals surface area contributed by atoms with E-state index in [1.807, 2.05) is 32.0 Å². The Morgan fingerprint density at radius 1 is 1.30 bits per heavy atom. The van der Waals surface area contributed by atoms with E-state index in [0.29, 0.717) is 39.1 Å². The van der Waals surface area contributed by atoms with Crippen molar-refractivity contribution in [2.75, 3.05) is 19.8 Å². The minimum Gasteiger partial charge on any atom is -0.491 e. The quantitative estimate of drug-likeness (QED) is 0.837. The van der Waals surface area contributed by atoms with E-state index in [0.717, 1.165) is 11.3 Å². The van der Waals surface area contributed by atoms with Crippen LogP contribution in [-0.2, 0) is 11.3 Å². The van der Waals surface area contributed by atoms with Gasteiger partial charge in [0.2, 0.25) is 0 Å². The van der Waals surface area contributed by atoms with Gasteiger partial charge in [0.05, 0.1) is 11.7 Å². The summed E-state index contributed by atoms with van der Waals surface area (Å²) in [6.45, 7) is 6.62. The van der Waals surface area contributed by atoms with Gasteiger partial charge in [-0.1, -0.05) is 18.2 Å². The van der Waals surface area contributed by atoms with E-state index in [2.05, 4.69) is 11.4 Å². The normalized spacial score (nSPS) is 18.2. The molecular formula is C16H25NO3. The molecule has 20 heavy (non-hydrogen) atoms. The van der Waals surface area contributed by atoms with Gasteiger partial charge < -0.3 is 19.9 Å². The summed E-state index contributed by atoms with van der Waals surface area (Å²) >= 11 is 0. The second-order valence-corrected chi connectivity index (χ2v) is 5.71. The van der Waals surface area contributed by atoms with Gasteiger partial charge in [-0.2, -0.15) is 0 Å². The van der Waals surface area contributed by atoms with Crippen LogP contribution in [0.25, 0.3) is 0 Å². The molecule has 0 amide bonds. The highest BCUT2D eigenvalue weighted by Crippen LogP contribution is 2.21. The summed E-state index contributed by atoms with van der Waals surface area (Å²) in [4.78, 5) is 0. The molecule has 0 aliphatic carbocycles. The van der Waals surface area contributed by atoms with E-state index in [1.54, 1.807) is 0 Å². The fourth-order valence-electron chi connectivity index (χ4n) is 2.38. The lowest BCUT2D eigenvalue weighted by atomic mass is 9.94. The van der Waals surface area contributed by atoms with Gasteiger partial charge in [0.15, 0.2) is 0 Å². The first-order valence-corrected chi connectivity index (χ1v) is 7.34. The van der Waals surface area contributed by atoms with E-state index in [-0.39, 0.29) is 6.10 Å². The Morgan fingerprint density at radius 3 is 2.70 bits per heavy atom. The van der Waals surface area contributed by atoms with Crippen LogP contribution in [0.5, 0.6) is 5.75 Å². The van der Waals surface area contributed by atoms with Crippen molar-refractivity contribution in [3.05, 3.63) is 29.8 Å². The van der Waals surface area contributed by atoms with Crippen molar-refractivity contribution < 1.29 is 14.6 Å². The molecule has 1 fully saturated rings. The van der Waals surface area contributed by atoms with Gasteiger partial charge in [-0.3, -0.25) is 0 Å². The van der Waals surface area contributed by atoms with Gasteiger partial charge in [-0.05, 0) is 19.9 Å². The molecule has 1 heterocycles. The number of rotatable bonds is 6. The van der Waals surface area contributed by atoms with Crippen LogP contribution in [0.1, 0.15) is 32.3 Å². The van der Waals surface area contributed by atoms with Crippen molar-refractivity contribution >= 4 is 0 Å². The molecule has 1 saturated heterocycles. The smallest absolute Gasteiger partial charge is 0.124 e. The maximum atomic E-state index is 10.4. The lowest BCUT2D eigenvalue weighted by molar-refractivity contribution is -0.0617. The number of aliphatic hydroxyl groups is 1.